The standard InChI is InChI=1S/C9H7BrN2S/c1-6-5-13-9(12-6)7-2-8(10)4-11-3-7/h2-5H,1H3. The Labute approximate surface area is 88.8 Å². The van der Waals surface area contributed by atoms with Crippen molar-refractivity contribution in [2.75, 3.05) is 0 Å². The molecule has 0 aliphatic heterocycles. The molecule has 0 aromatic carbocycles. The minimum Gasteiger partial charge on any atom is -0.263 e. The second kappa shape index (κ2) is 3.55. The molecular formula is C9H7BrN2S. The molecule has 0 fully saturated rings. The van der Waals surface area contributed by atoms with Crippen molar-refractivity contribution in [3.05, 3.63) is 34.0 Å². The van der Waals surface area contributed by atoms with Crippen molar-refractivity contribution in [2.45, 2.75) is 6.92 Å². The first-order valence-corrected chi connectivity index (χ1v) is 5.46. The fourth-order valence-corrected chi connectivity index (χ4v) is 2.16. The second-order valence-corrected chi connectivity index (χ2v) is 4.46. The van der Waals surface area contributed by atoms with Gasteiger partial charge in [0.1, 0.15) is 5.01 Å². The number of hydrogen-bond donors (Lipinski definition) is 0. The molecule has 2 aromatic heterocycles. The number of aryl methyl sites for hydroxylation is 1. The largest absolute Gasteiger partial charge is 0.263 e. The van der Waals surface area contributed by atoms with Crippen LogP contribution in [-0.4, -0.2) is 9.97 Å². The number of rotatable bonds is 1. The molecule has 0 bridgehead atoms. The van der Waals surface area contributed by atoms with E-state index < -0.39 is 0 Å². The molecule has 2 aromatic rings. The molecule has 0 unspecified atom stereocenters. The minimum atomic E-state index is 0.984. The number of hydrogen-bond acceptors (Lipinski definition) is 3. The van der Waals surface area contributed by atoms with Crippen molar-refractivity contribution < 1.29 is 0 Å². The highest BCUT2D eigenvalue weighted by molar-refractivity contribution is 9.10. The van der Waals surface area contributed by atoms with Crippen LogP contribution in [0.2, 0.25) is 0 Å². The van der Waals surface area contributed by atoms with Crippen LogP contribution in [0.1, 0.15) is 5.69 Å². The minimum absolute atomic E-state index is 0.984. The van der Waals surface area contributed by atoms with Gasteiger partial charge in [-0.15, -0.1) is 11.3 Å². The monoisotopic (exact) mass is 254 g/mol. The highest BCUT2D eigenvalue weighted by Crippen LogP contribution is 2.24. The Morgan fingerprint density at radius 1 is 1.38 bits per heavy atom. The molecule has 0 aliphatic carbocycles. The maximum absolute atomic E-state index is 4.38. The van der Waals surface area contributed by atoms with Gasteiger partial charge in [-0.25, -0.2) is 4.98 Å². The van der Waals surface area contributed by atoms with Crippen molar-refractivity contribution in [2.24, 2.45) is 0 Å². The summed E-state index contributed by atoms with van der Waals surface area (Å²) in [5.74, 6) is 0. The molecular weight excluding hydrogens is 248 g/mol. The summed E-state index contributed by atoms with van der Waals surface area (Å²) in [5.41, 5.74) is 2.12. The Morgan fingerprint density at radius 2 is 2.23 bits per heavy atom. The molecule has 0 amide bonds. The summed E-state index contributed by atoms with van der Waals surface area (Å²) in [6, 6.07) is 2.02. The summed E-state index contributed by atoms with van der Waals surface area (Å²) in [4.78, 5) is 8.47. The van der Waals surface area contributed by atoms with Gasteiger partial charge in [-0.05, 0) is 28.9 Å². The average molecular weight is 255 g/mol. The van der Waals surface area contributed by atoms with Crippen LogP contribution in [0.15, 0.2) is 28.3 Å². The van der Waals surface area contributed by atoms with Gasteiger partial charge in [-0.1, -0.05) is 0 Å². The van der Waals surface area contributed by atoms with E-state index in [9.17, 15) is 0 Å². The van der Waals surface area contributed by atoms with E-state index in [2.05, 4.69) is 25.9 Å². The molecule has 0 N–H and O–H groups in total. The van der Waals surface area contributed by atoms with Crippen LogP contribution in [0.5, 0.6) is 0 Å². The first kappa shape index (κ1) is 8.84. The number of aromatic nitrogens is 2. The molecule has 0 aliphatic rings. The maximum atomic E-state index is 4.38. The normalized spacial score (nSPS) is 10.3. The van der Waals surface area contributed by atoms with Crippen molar-refractivity contribution in [3.8, 4) is 10.6 Å². The van der Waals surface area contributed by atoms with Gasteiger partial charge < -0.3 is 0 Å². The second-order valence-electron chi connectivity index (χ2n) is 2.69. The zero-order chi connectivity index (χ0) is 9.26. The number of halogens is 1. The van der Waals surface area contributed by atoms with E-state index in [1.54, 1.807) is 17.5 Å². The Bertz CT molecular complexity index is 425. The van der Waals surface area contributed by atoms with Crippen LogP contribution in [0.3, 0.4) is 0 Å². The summed E-state index contributed by atoms with van der Waals surface area (Å²) in [5, 5.41) is 3.06. The Morgan fingerprint density at radius 3 is 2.85 bits per heavy atom. The van der Waals surface area contributed by atoms with Crippen LogP contribution >= 0.6 is 27.3 Å². The molecule has 66 valence electrons. The molecule has 0 saturated heterocycles. The fraction of sp³-hybridized carbons (Fsp3) is 0.111. The van der Waals surface area contributed by atoms with E-state index in [4.69, 9.17) is 0 Å². The van der Waals surface area contributed by atoms with Crippen LogP contribution in [-0.2, 0) is 0 Å². The van der Waals surface area contributed by atoms with Gasteiger partial charge in [0.15, 0.2) is 0 Å². The number of pyridine rings is 1. The van der Waals surface area contributed by atoms with E-state index in [1.165, 1.54) is 0 Å². The maximum Gasteiger partial charge on any atom is 0.125 e. The fourth-order valence-electron chi connectivity index (χ4n) is 1.02. The van der Waals surface area contributed by atoms with Gasteiger partial charge in [-0.2, -0.15) is 0 Å². The van der Waals surface area contributed by atoms with Gasteiger partial charge in [0, 0.05) is 33.5 Å². The van der Waals surface area contributed by atoms with E-state index in [0.29, 0.717) is 0 Å². The molecule has 2 nitrogen and oxygen atoms in total. The Kier molecular flexibility index (Phi) is 2.42. The number of nitrogens with zero attached hydrogens (tertiary/aromatic N) is 2. The molecule has 0 atom stereocenters. The highest BCUT2D eigenvalue weighted by atomic mass is 79.9. The van der Waals surface area contributed by atoms with Crippen LogP contribution < -0.4 is 0 Å². The third kappa shape index (κ3) is 1.95. The smallest absolute Gasteiger partial charge is 0.125 e. The molecule has 0 spiro atoms. The summed E-state index contributed by atoms with van der Waals surface area (Å²) in [6.07, 6.45) is 3.59. The first-order chi connectivity index (χ1) is 6.25. The van der Waals surface area contributed by atoms with Gasteiger partial charge >= 0.3 is 0 Å². The third-order valence-corrected chi connectivity index (χ3v) is 3.01. The van der Waals surface area contributed by atoms with E-state index >= 15 is 0 Å². The molecule has 4 heteroatoms. The van der Waals surface area contributed by atoms with Crippen LogP contribution in [0, 0.1) is 6.92 Å². The summed E-state index contributed by atoms with van der Waals surface area (Å²) in [6.45, 7) is 1.99. The van der Waals surface area contributed by atoms with E-state index in [0.717, 1.165) is 20.7 Å². The zero-order valence-corrected chi connectivity index (χ0v) is 9.39. The van der Waals surface area contributed by atoms with Gasteiger partial charge in [0.2, 0.25) is 0 Å². The lowest BCUT2D eigenvalue weighted by Gasteiger charge is -1.94. The molecule has 13 heavy (non-hydrogen) atoms. The van der Waals surface area contributed by atoms with Gasteiger partial charge in [0.05, 0.1) is 0 Å². The summed E-state index contributed by atoms with van der Waals surface area (Å²) in [7, 11) is 0. The Balaban J connectivity index is 2.46. The first-order valence-electron chi connectivity index (χ1n) is 3.79. The highest BCUT2D eigenvalue weighted by Gasteiger charge is 2.02. The third-order valence-electron chi connectivity index (χ3n) is 1.57. The quantitative estimate of drug-likeness (QED) is 0.781. The topological polar surface area (TPSA) is 25.8 Å². The predicted molar refractivity (Wildman–Crippen MR) is 57.8 cm³/mol. The summed E-state index contributed by atoms with van der Waals surface area (Å²) < 4.78 is 0.984. The van der Waals surface area contributed by atoms with E-state index in [-0.39, 0.29) is 0 Å². The SMILES string of the molecule is Cc1csc(-c2cncc(Br)c2)n1. The molecule has 2 rings (SSSR count). The van der Waals surface area contributed by atoms with Crippen molar-refractivity contribution >= 4 is 27.3 Å². The van der Waals surface area contributed by atoms with Gasteiger partial charge in [-0.3, -0.25) is 4.98 Å². The number of thiazole rings is 1. The van der Waals surface area contributed by atoms with Gasteiger partial charge in [0.25, 0.3) is 0 Å². The lowest BCUT2D eigenvalue weighted by Crippen LogP contribution is -1.79. The van der Waals surface area contributed by atoms with Crippen LogP contribution in [0.4, 0.5) is 0 Å². The molecule has 0 radical (unpaired) electrons. The van der Waals surface area contributed by atoms with Crippen LogP contribution in [0.25, 0.3) is 10.6 Å². The van der Waals surface area contributed by atoms with Crippen molar-refractivity contribution in [3.63, 3.8) is 0 Å². The molecule has 2 heterocycles. The molecule has 0 saturated carbocycles. The Hall–Kier alpha value is -0.740. The van der Waals surface area contributed by atoms with Crippen molar-refractivity contribution in [1.29, 1.82) is 0 Å². The lowest BCUT2D eigenvalue weighted by atomic mass is 10.3. The van der Waals surface area contributed by atoms with E-state index in [1.807, 2.05) is 24.6 Å². The predicted octanol–water partition coefficient (Wildman–Crippen LogP) is 3.28. The van der Waals surface area contributed by atoms with Crippen molar-refractivity contribution in [1.82, 2.24) is 9.97 Å². The zero-order valence-electron chi connectivity index (χ0n) is 6.99. The summed E-state index contributed by atoms with van der Waals surface area (Å²) >= 11 is 5.02. The average Bonchev–Trinajstić information content (AvgIpc) is 2.52. The lowest BCUT2D eigenvalue weighted by molar-refractivity contribution is 1.25.